The molecule has 0 aromatic rings. The summed E-state index contributed by atoms with van der Waals surface area (Å²) in [5.41, 5.74) is -1.05. The van der Waals surface area contributed by atoms with Gasteiger partial charge in [0, 0.05) is 76.0 Å². The number of rotatable bonds is 22. The molecule has 5 N–H and O–H groups in total. The maximum Gasteiger partial charge on any atom is 0.256 e. The Balaban J connectivity index is 3.13. The average Bonchev–Trinajstić information content (AvgIpc) is 0.815. The fraction of sp³-hybridized carbons (Fsp3) is 0.843. The number of carbonyl (C=O) groups excluding carboxylic acids is 11. The number of hydrogen-bond acceptors (Lipinski definition) is 16. The van der Waals surface area contributed by atoms with Gasteiger partial charge in [-0.15, -0.1) is 11.8 Å². The fourth-order valence-electron chi connectivity index (χ4n) is 12.5. The summed E-state index contributed by atoms with van der Waals surface area (Å²) in [5.74, 6) is -9.40. The zero-order chi connectivity index (χ0) is 74.4. The molecule has 0 aromatic heterocycles. The zero-order valence-electron chi connectivity index (χ0n) is 63.7. The molecule has 2 aliphatic rings. The number of aliphatic hydroxyl groups excluding tert-OH is 1. The lowest BCUT2D eigenvalue weighted by atomic mass is 9.90. The van der Waals surface area contributed by atoms with Crippen molar-refractivity contribution >= 4 is 76.7 Å². The number of nitrogens with zero attached hydrogens (tertiary/aromatic N) is 8. The summed E-state index contributed by atoms with van der Waals surface area (Å²) >= 11 is 1.18. The van der Waals surface area contributed by atoms with Gasteiger partial charge < -0.3 is 70.1 Å². The number of nitrogens with one attached hydrogen (secondary N) is 4. The second-order valence-electron chi connectivity index (χ2n) is 29.7. The van der Waals surface area contributed by atoms with E-state index in [1.165, 1.54) is 111 Å². The number of unbranched alkanes of at least 4 members (excludes halogenated alkanes) is 1. The van der Waals surface area contributed by atoms with Crippen molar-refractivity contribution in [2.75, 3.05) is 95.0 Å². The third kappa shape index (κ3) is 25.2. The second-order valence-corrected chi connectivity index (χ2v) is 30.9. The normalized spacial score (nSPS) is 27.0. The topological polar surface area (TPSA) is 300 Å². The van der Waals surface area contributed by atoms with Crippen molar-refractivity contribution in [3.8, 4) is 0 Å². The summed E-state index contributed by atoms with van der Waals surface area (Å²) in [5, 5.41) is 22.3. The van der Waals surface area contributed by atoms with Gasteiger partial charge in [-0.2, -0.15) is 0 Å². The van der Waals surface area contributed by atoms with Crippen LogP contribution in [0.1, 0.15) is 175 Å². The van der Waals surface area contributed by atoms with Gasteiger partial charge in [-0.3, -0.25) is 57.6 Å². The zero-order valence-corrected chi connectivity index (χ0v) is 64.6. The molecule has 26 nitrogen and oxygen atoms in total. The van der Waals surface area contributed by atoms with Gasteiger partial charge in [0.25, 0.3) is 5.91 Å². The summed E-state index contributed by atoms with van der Waals surface area (Å²) in [6, 6.07) is -12.8. The van der Waals surface area contributed by atoms with E-state index in [2.05, 4.69) is 26.2 Å². The highest BCUT2D eigenvalue weighted by Gasteiger charge is 2.47. The van der Waals surface area contributed by atoms with Gasteiger partial charge in [-0.25, -0.2) is 0 Å². The lowest BCUT2D eigenvalue weighted by molar-refractivity contribution is -0.157. The van der Waals surface area contributed by atoms with E-state index >= 15 is 33.6 Å². The van der Waals surface area contributed by atoms with Crippen molar-refractivity contribution < 1.29 is 67.3 Å². The Labute approximate surface area is 585 Å². The minimum absolute atomic E-state index is 0.00455. The number of amides is 11. The van der Waals surface area contributed by atoms with Crippen LogP contribution in [0.2, 0.25) is 0 Å². The Bertz CT molecular complexity index is 2610. The van der Waals surface area contributed by atoms with Crippen molar-refractivity contribution in [1.29, 1.82) is 0 Å². The molecule has 0 aliphatic carbocycles. The van der Waals surface area contributed by atoms with Crippen molar-refractivity contribution in [1.82, 2.24) is 60.5 Å². The lowest BCUT2D eigenvalue weighted by Crippen LogP contribution is -2.64. The van der Waals surface area contributed by atoms with Gasteiger partial charge in [-0.1, -0.05) is 103 Å². The van der Waals surface area contributed by atoms with Crippen LogP contribution in [0.15, 0.2) is 0 Å². The number of likely N-dealkylation sites (N-methyl/N-ethyl adjacent to an activating group) is 7. The first-order chi connectivity index (χ1) is 45.0. The third-order valence-corrected chi connectivity index (χ3v) is 20.4. The number of ether oxygens (including phenoxy) is 2. The van der Waals surface area contributed by atoms with Gasteiger partial charge in [0.15, 0.2) is 5.37 Å². The molecule has 0 aromatic carbocycles. The second kappa shape index (κ2) is 40.6. The maximum atomic E-state index is 15.6. The molecule has 2 rings (SSSR count). The van der Waals surface area contributed by atoms with Crippen molar-refractivity contribution in [2.24, 2.45) is 35.5 Å². The molecule has 0 bridgehead atoms. The van der Waals surface area contributed by atoms with E-state index in [9.17, 15) is 24.3 Å². The number of aliphatic hydroxyl groups is 1. The molecule has 97 heavy (non-hydrogen) atoms. The molecule has 0 radical (unpaired) electrons. The molecule has 2 aliphatic heterocycles. The van der Waals surface area contributed by atoms with Gasteiger partial charge in [-0.05, 0) is 114 Å². The molecular formula is C70H128N12O14S. The Kier molecular flexibility index (Phi) is 36.6. The Morgan fingerprint density at radius 3 is 1.49 bits per heavy atom. The Morgan fingerprint density at radius 1 is 0.526 bits per heavy atom. The van der Waals surface area contributed by atoms with Crippen LogP contribution in [0.5, 0.6) is 0 Å². The number of carbonyl (C=O) groups is 11. The van der Waals surface area contributed by atoms with Gasteiger partial charge in [0.1, 0.15) is 60.4 Å². The van der Waals surface area contributed by atoms with Crippen LogP contribution in [-0.2, 0) is 62.2 Å². The molecule has 27 heteroatoms. The van der Waals surface area contributed by atoms with E-state index in [1.807, 2.05) is 48.5 Å². The summed E-state index contributed by atoms with van der Waals surface area (Å²) < 4.78 is 11.4. The van der Waals surface area contributed by atoms with Crippen LogP contribution in [0.4, 0.5) is 0 Å². The molecule has 2 fully saturated rings. The minimum Gasteiger partial charge on any atom is -0.390 e. The molecule has 0 saturated carbocycles. The van der Waals surface area contributed by atoms with Gasteiger partial charge in [0.05, 0.1) is 24.9 Å². The third-order valence-electron chi connectivity index (χ3n) is 19.0. The summed E-state index contributed by atoms with van der Waals surface area (Å²) in [6.07, 6.45) is 1.37. The van der Waals surface area contributed by atoms with E-state index in [0.717, 1.165) is 24.4 Å². The predicted molar refractivity (Wildman–Crippen MR) is 378 cm³/mol. The van der Waals surface area contributed by atoms with Crippen LogP contribution in [-0.4, -0.2) is 282 Å². The first-order valence-electron chi connectivity index (χ1n) is 35.3. The Morgan fingerprint density at radius 2 is 1.00 bits per heavy atom. The minimum atomic E-state index is -1.62. The fourth-order valence-corrected chi connectivity index (χ4v) is 13.6. The molecule has 0 spiro atoms. The quantitative estimate of drug-likeness (QED) is 0.0956. The molecule has 2 saturated heterocycles. The van der Waals surface area contributed by atoms with Crippen molar-refractivity contribution in [3.63, 3.8) is 0 Å². The lowest BCUT2D eigenvalue weighted by Gasteiger charge is -2.42. The van der Waals surface area contributed by atoms with Crippen LogP contribution >= 0.6 is 11.8 Å². The first-order valence-corrected chi connectivity index (χ1v) is 36.3. The standard InChI is InChI=1S/C70H128N12O14S/c1-26-28-30-46(13)57(83)56-61(87)73-49(27-2)63(89)81(24)69(97-36-29-31-82-32-34-96-35-33-82)68(94)78(21)53(40-70(16,17)95-25)60(86)74-54(44(9)10)66(92)75(18)50(37-41(3)4)59(85)71-47(14)58(84)72-48(15)62(88)76(19)51(38-42(5)6)64(90)77(20)52(39-43(7)8)65(91)79(22)55(45(11)12)67(93)80(56)23/h41-57,69,83H,26-40H2,1-25H3,(H,71,85)(H,72,84)(H,73,87)(H,74,86)/t46-,47+,48-,49+,50+,51+,52+,53+,54+,55+,56+,57-,69-/m1/s1. The molecule has 13 atom stereocenters. The summed E-state index contributed by atoms with van der Waals surface area (Å²) in [4.78, 5) is 176. The van der Waals surface area contributed by atoms with E-state index in [4.69, 9.17) is 9.47 Å². The highest BCUT2D eigenvalue weighted by atomic mass is 32.2. The van der Waals surface area contributed by atoms with Crippen LogP contribution in [0.3, 0.4) is 0 Å². The highest BCUT2D eigenvalue weighted by Crippen LogP contribution is 2.29. The van der Waals surface area contributed by atoms with E-state index in [0.29, 0.717) is 44.8 Å². The Hall–Kier alpha value is -5.64. The smallest absolute Gasteiger partial charge is 0.256 e. The van der Waals surface area contributed by atoms with Crippen LogP contribution < -0.4 is 21.3 Å². The van der Waals surface area contributed by atoms with Gasteiger partial charge >= 0.3 is 0 Å². The average molecular weight is 1390 g/mol. The first kappa shape index (κ1) is 87.4. The number of thioether (sulfide) groups is 1. The monoisotopic (exact) mass is 1390 g/mol. The highest BCUT2D eigenvalue weighted by molar-refractivity contribution is 8.00. The summed E-state index contributed by atoms with van der Waals surface area (Å²) in [6.45, 7) is 33.2. The number of methoxy groups -OCH3 is 1. The summed E-state index contributed by atoms with van der Waals surface area (Å²) in [7, 11) is 11.5. The van der Waals surface area contributed by atoms with Crippen LogP contribution in [0.25, 0.3) is 0 Å². The molecule has 558 valence electrons. The van der Waals surface area contributed by atoms with E-state index in [-0.39, 0.29) is 49.9 Å². The van der Waals surface area contributed by atoms with Crippen molar-refractivity contribution in [2.45, 2.75) is 253 Å². The van der Waals surface area contributed by atoms with Gasteiger partial charge in [0.2, 0.25) is 59.1 Å². The predicted octanol–water partition coefficient (Wildman–Crippen LogP) is 4.04. The largest absolute Gasteiger partial charge is 0.390 e. The SMILES string of the molecule is CCCC[C@@H](C)[C@@H](O)[C@H]1C(=O)N[C@@H](CC)C(=O)N(C)[C@H](SCCCN2CCOCC2)C(=O)N(C)[C@@H](CC(C)(C)OC)C(=O)N[C@@H](C(C)C)C(=O)N(C)[C@@H](CC(C)C)C(=O)N[C@@H](C)C(=O)N[C@H](C)C(=O)N(C)[C@@H](CC(C)C)C(=O)N(C)[C@@H](CC(C)C)C(=O)N(C)[C@@H](C(C)C)C(=O)N1C. The van der Waals surface area contributed by atoms with Crippen molar-refractivity contribution in [3.05, 3.63) is 0 Å². The van der Waals surface area contributed by atoms with E-state index < -0.39 is 160 Å². The number of morpholine rings is 1. The van der Waals surface area contributed by atoms with E-state index in [1.54, 1.807) is 55.4 Å². The molecule has 11 amide bonds. The number of hydrogen-bond donors (Lipinski definition) is 5. The molecule has 2 heterocycles. The molecular weight excluding hydrogens is 1260 g/mol. The molecule has 0 unspecified atom stereocenters. The maximum absolute atomic E-state index is 15.6. The van der Waals surface area contributed by atoms with Crippen LogP contribution in [0, 0.1) is 35.5 Å².